The van der Waals surface area contributed by atoms with E-state index in [9.17, 15) is 27.6 Å². The van der Waals surface area contributed by atoms with Crippen LogP contribution in [0.1, 0.15) is 72.1 Å². The Morgan fingerprint density at radius 3 is 2.46 bits per heavy atom. The van der Waals surface area contributed by atoms with Gasteiger partial charge in [-0.05, 0) is 56.4 Å². The van der Waals surface area contributed by atoms with E-state index in [1.807, 2.05) is 5.38 Å². The second-order valence-electron chi connectivity index (χ2n) is 14.6. The lowest BCUT2D eigenvalue weighted by atomic mass is 9.85. The molecule has 14 nitrogen and oxygen atoms in total. The highest BCUT2D eigenvalue weighted by Crippen LogP contribution is 2.45. The van der Waals surface area contributed by atoms with Gasteiger partial charge in [-0.1, -0.05) is 26.8 Å². The molecule has 0 radical (unpaired) electrons. The normalized spacial score (nSPS) is 25.7. The van der Waals surface area contributed by atoms with E-state index in [-0.39, 0.29) is 25.5 Å². The molecule has 5 atom stereocenters. The van der Waals surface area contributed by atoms with Crippen molar-refractivity contribution in [2.75, 3.05) is 6.54 Å². The number of nitrogens with zero attached hydrogens (tertiary/aromatic N) is 3. The molecule has 0 spiro atoms. The number of carbonyl (C=O) groups excluding carboxylic acids is 4. The second-order valence-corrected chi connectivity index (χ2v) is 17.5. The van der Waals surface area contributed by atoms with Crippen LogP contribution in [0, 0.1) is 11.3 Å². The molecule has 4 aliphatic rings. The Hall–Kier alpha value is -4.05. The third-order valence-corrected chi connectivity index (χ3v) is 12.3. The summed E-state index contributed by atoms with van der Waals surface area (Å²) in [5.74, 6) is -2.04. The number of hydrogen-bond donors (Lipinski definition) is 3. The number of thiazole rings is 1. The number of ether oxygens (including phenoxy) is 2. The highest BCUT2D eigenvalue weighted by Gasteiger charge is 2.62. The maximum atomic E-state index is 14.4. The second kappa shape index (κ2) is 13.9. The highest BCUT2D eigenvalue weighted by molar-refractivity contribution is 7.91. The fourth-order valence-corrected chi connectivity index (χ4v) is 8.63. The number of aromatic nitrogens is 2. The van der Waals surface area contributed by atoms with Crippen LogP contribution in [0.15, 0.2) is 42.6 Å². The van der Waals surface area contributed by atoms with Gasteiger partial charge >= 0.3 is 6.09 Å². The van der Waals surface area contributed by atoms with Gasteiger partial charge in [-0.25, -0.2) is 18.2 Å². The van der Waals surface area contributed by atoms with Gasteiger partial charge in [-0.2, -0.15) is 0 Å². The molecular formula is C34H44N6O8S2. The molecule has 3 N–H and O–H groups in total. The van der Waals surface area contributed by atoms with Crippen LogP contribution in [-0.2, 0) is 29.1 Å². The van der Waals surface area contributed by atoms with Crippen molar-refractivity contribution in [2.45, 2.75) is 107 Å². The quantitative estimate of drug-likeness (QED) is 0.274. The molecular weight excluding hydrogens is 685 g/mol. The molecule has 3 saturated carbocycles. The number of carbonyl (C=O) groups is 4. The number of hydrogen-bond acceptors (Lipinski definition) is 11. The summed E-state index contributed by atoms with van der Waals surface area (Å²) in [5, 5.41) is 7.46. The van der Waals surface area contributed by atoms with Crippen LogP contribution >= 0.6 is 11.3 Å². The lowest BCUT2D eigenvalue weighted by Gasteiger charge is -2.35. The molecule has 6 rings (SSSR count). The molecule has 2 aromatic rings. The predicted octanol–water partition coefficient (Wildman–Crippen LogP) is 3.31. The van der Waals surface area contributed by atoms with E-state index in [4.69, 9.17) is 9.47 Å². The summed E-state index contributed by atoms with van der Waals surface area (Å²) >= 11 is 1.42. The predicted molar refractivity (Wildman–Crippen MR) is 184 cm³/mol. The van der Waals surface area contributed by atoms with E-state index in [2.05, 4.69) is 31.9 Å². The first-order chi connectivity index (χ1) is 23.7. The topological polar surface area (TPSA) is 186 Å². The molecule has 0 bridgehead atoms. The van der Waals surface area contributed by atoms with Crippen molar-refractivity contribution in [2.24, 2.45) is 11.3 Å². The number of alkyl carbamates (subject to hydrolysis) is 1. The molecule has 16 heteroatoms. The maximum Gasteiger partial charge on any atom is 0.408 e. The fraction of sp³-hybridized carbons (Fsp3) is 0.588. The molecule has 1 saturated heterocycles. The van der Waals surface area contributed by atoms with Crippen molar-refractivity contribution in [1.82, 2.24) is 30.2 Å². The maximum absolute atomic E-state index is 14.4. The van der Waals surface area contributed by atoms with Gasteiger partial charge in [0.05, 0.1) is 11.8 Å². The largest absolute Gasteiger partial charge is 0.488 e. The minimum absolute atomic E-state index is 0.00208. The summed E-state index contributed by atoms with van der Waals surface area (Å²) in [6, 6.07) is 1.23. The van der Waals surface area contributed by atoms with Gasteiger partial charge in [0, 0.05) is 36.2 Å². The molecule has 4 amide bonds. The van der Waals surface area contributed by atoms with Crippen LogP contribution in [0.5, 0.6) is 5.75 Å². The third kappa shape index (κ3) is 7.80. The van der Waals surface area contributed by atoms with E-state index < -0.39 is 74.1 Å². The molecule has 3 heterocycles. The van der Waals surface area contributed by atoms with Gasteiger partial charge in [0.2, 0.25) is 21.8 Å². The molecule has 270 valence electrons. The summed E-state index contributed by atoms with van der Waals surface area (Å²) in [6.45, 7) is 9.18. The highest BCUT2D eigenvalue weighted by atomic mass is 32.2. The van der Waals surface area contributed by atoms with Gasteiger partial charge < -0.3 is 25.0 Å². The lowest BCUT2D eigenvalue weighted by Crippen LogP contribution is -2.60. The van der Waals surface area contributed by atoms with E-state index in [1.54, 1.807) is 45.3 Å². The van der Waals surface area contributed by atoms with Gasteiger partial charge in [0.15, 0.2) is 0 Å². The van der Waals surface area contributed by atoms with Crippen LogP contribution in [0.25, 0.3) is 10.7 Å². The van der Waals surface area contributed by atoms with Gasteiger partial charge in [0.1, 0.15) is 46.3 Å². The van der Waals surface area contributed by atoms with E-state index in [1.165, 1.54) is 22.3 Å². The molecule has 1 aliphatic heterocycles. The van der Waals surface area contributed by atoms with Crippen molar-refractivity contribution in [3.8, 4) is 16.5 Å². The molecule has 3 aliphatic carbocycles. The minimum atomic E-state index is -3.88. The smallest absolute Gasteiger partial charge is 0.408 e. The molecule has 50 heavy (non-hydrogen) atoms. The van der Waals surface area contributed by atoms with Gasteiger partial charge in [-0.3, -0.25) is 24.1 Å². The minimum Gasteiger partial charge on any atom is -0.488 e. The third-order valence-electron chi connectivity index (χ3n) is 9.73. The zero-order valence-corrected chi connectivity index (χ0v) is 30.1. The first kappa shape index (κ1) is 35.8. The summed E-state index contributed by atoms with van der Waals surface area (Å²) in [6.07, 6.45) is 7.80. The number of likely N-dealkylation sites (tertiary alicyclic amines) is 1. The SMILES string of the molecule is C=CC1CC1(NC(=O)C1CC(Oc2ccnc(-c3nccs3)c2)CN1C(=O)C(NC(=O)OC1CCCC1)C(C)(C)C)C(=O)NS(=O)(=O)C1CC1. The van der Waals surface area contributed by atoms with Crippen LogP contribution in [-0.4, -0.2) is 88.7 Å². The van der Waals surface area contributed by atoms with Crippen LogP contribution < -0.4 is 20.1 Å². The average molecular weight is 729 g/mol. The zero-order valence-electron chi connectivity index (χ0n) is 28.4. The molecule has 0 aromatic carbocycles. The van der Waals surface area contributed by atoms with Crippen LogP contribution in [0.3, 0.4) is 0 Å². The van der Waals surface area contributed by atoms with Crippen molar-refractivity contribution < 1.29 is 37.1 Å². The van der Waals surface area contributed by atoms with Crippen molar-refractivity contribution in [3.63, 3.8) is 0 Å². The molecule has 5 unspecified atom stereocenters. The Balaban J connectivity index is 1.24. The van der Waals surface area contributed by atoms with Crippen molar-refractivity contribution in [3.05, 3.63) is 42.6 Å². The Bertz CT molecular complexity index is 1740. The standard InChI is InChI=1S/C34H44N6O8S2/c1-5-20-18-34(20,31(43)39-50(45,46)24-10-11-24)38-28(41)26-17-23(47-22-12-13-35-25(16-22)29-36-14-15-49-29)19-40(26)30(42)27(33(2,3)4)37-32(44)48-21-8-6-7-9-21/h5,12-16,20-21,23-24,26-27H,1,6-11,17-19H2,2-4H3,(H,37,44)(H,38,41)(H,39,43). The zero-order chi connectivity index (χ0) is 35.8. The summed E-state index contributed by atoms with van der Waals surface area (Å²) < 4.78 is 39.4. The number of rotatable bonds is 12. The summed E-state index contributed by atoms with van der Waals surface area (Å²) in [4.78, 5) is 65.1. The van der Waals surface area contributed by atoms with Crippen LogP contribution in [0.2, 0.25) is 0 Å². The van der Waals surface area contributed by atoms with E-state index in [0.717, 1.165) is 25.7 Å². The first-order valence-corrected chi connectivity index (χ1v) is 19.4. The van der Waals surface area contributed by atoms with Crippen molar-refractivity contribution >= 4 is 45.2 Å². The number of pyridine rings is 1. The van der Waals surface area contributed by atoms with Crippen LogP contribution in [0.4, 0.5) is 4.79 Å². The number of sulfonamides is 1. The fourth-order valence-electron chi connectivity index (χ4n) is 6.66. The average Bonchev–Trinajstić information content (AvgIpc) is 3.81. The number of amides is 4. The molecule has 2 aromatic heterocycles. The Labute approximate surface area is 295 Å². The monoisotopic (exact) mass is 728 g/mol. The number of nitrogens with one attached hydrogen (secondary N) is 3. The Morgan fingerprint density at radius 2 is 1.84 bits per heavy atom. The summed E-state index contributed by atoms with van der Waals surface area (Å²) in [5.41, 5.74) is -1.70. The molecule has 4 fully saturated rings. The van der Waals surface area contributed by atoms with E-state index >= 15 is 0 Å². The van der Waals surface area contributed by atoms with E-state index in [0.29, 0.717) is 29.3 Å². The Kier molecular flexibility index (Phi) is 9.96. The van der Waals surface area contributed by atoms with Gasteiger partial charge in [-0.15, -0.1) is 17.9 Å². The lowest BCUT2D eigenvalue weighted by molar-refractivity contribution is -0.143. The Morgan fingerprint density at radius 1 is 1.10 bits per heavy atom. The first-order valence-electron chi connectivity index (χ1n) is 17.0. The summed E-state index contributed by atoms with van der Waals surface area (Å²) in [7, 11) is -3.88. The van der Waals surface area contributed by atoms with Gasteiger partial charge in [0.25, 0.3) is 5.91 Å². The van der Waals surface area contributed by atoms with Crippen molar-refractivity contribution in [1.29, 1.82) is 0 Å².